The minimum atomic E-state index is -0.929. The number of amides is 1. The number of benzene rings is 3. The van der Waals surface area contributed by atoms with Crippen LogP contribution in [0.1, 0.15) is 29.2 Å². The molecule has 4 aromatic rings. The van der Waals surface area contributed by atoms with Crippen LogP contribution in [0.2, 0.25) is 0 Å². The molecular formula is C21H19N3O2. The van der Waals surface area contributed by atoms with E-state index < -0.39 is 12.1 Å². The van der Waals surface area contributed by atoms with Crippen molar-refractivity contribution in [1.82, 2.24) is 15.3 Å². The Bertz CT molecular complexity index is 1050. The molecule has 0 bridgehead atoms. The van der Waals surface area contributed by atoms with Crippen molar-refractivity contribution >= 4 is 27.7 Å². The maximum atomic E-state index is 12.7. The van der Waals surface area contributed by atoms with Gasteiger partial charge < -0.3 is 15.4 Å². The molecular weight excluding hydrogens is 326 g/mol. The summed E-state index contributed by atoms with van der Waals surface area (Å²) < 4.78 is 0. The number of rotatable bonds is 4. The van der Waals surface area contributed by atoms with Crippen molar-refractivity contribution in [2.75, 3.05) is 0 Å². The van der Waals surface area contributed by atoms with Gasteiger partial charge in [-0.2, -0.15) is 0 Å². The molecule has 5 heteroatoms. The lowest BCUT2D eigenvalue weighted by Gasteiger charge is -2.19. The molecule has 0 saturated heterocycles. The first-order chi connectivity index (χ1) is 12.6. The summed E-state index contributed by atoms with van der Waals surface area (Å²) in [5.41, 5.74) is 2.23. The van der Waals surface area contributed by atoms with Crippen molar-refractivity contribution in [1.29, 1.82) is 0 Å². The summed E-state index contributed by atoms with van der Waals surface area (Å²) in [6.07, 6.45) is -0.929. The lowest BCUT2D eigenvalue weighted by atomic mass is 10.0. The van der Waals surface area contributed by atoms with Gasteiger partial charge in [-0.05, 0) is 35.9 Å². The van der Waals surface area contributed by atoms with E-state index in [0.29, 0.717) is 11.4 Å². The Kier molecular flexibility index (Phi) is 4.14. The number of nitrogens with zero attached hydrogens (tertiary/aromatic N) is 1. The van der Waals surface area contributed by atoms with E-state index in [1.807, 2.05) is 60.7 Å². The molecule has 1 amide bonds. The standard InChI is InChI=1S/C21H19N3O2/c1-13(19(25)20-23-17-11-4-5-12-18(17)24-20)22-21(26)16-10-6-8-14-7-2-3-9-15(14)16/h2-13,19,25H,1H3,(H,22,26)(H,23,24)/t13-,19?/m0/s1. The first kappa shape index (κ1) is 16.3. The van der Waals surface area contributed by atoms with Crippen LogP contribution in [0.15, 0.2) is 66.7 Å². The molecule has 0 saturated carbocycles. The van der Waals surface area contributed by atoms with E-state index in [-0.39, 0.29) is 5.91 Å². The molecule has 26 heavy (non-hydrogen) atoms. The molecule has 0 radical (unpaired) electrons. The van der Waals surface area contributed by atoms with E-state index in [1.54, 1.807) is 13.0 Å². The Labute approximate surface area is 150 Å². The summed E-state index contributed by atoms with van der Waals surface area (Å²) in [6, 6.07) is 20.4. The van der Waals surface area contributed by atoms with Crippen molar-refractivity contribution in [3.05, 3.63) is 78.1 Å². The second kappa shape index (κ2) is 6.61. The van der Waals surface area contributed by atoms with Crippen LogP contribution in [-0.4, -0.2) is 27.0 Å². The van der Waals surface area contributed by atoms with Gasteiger partial charge in [-0.3, -0.25) is 4.79 Å². The largest absolute Gasteiger partial charge is 0.383 e. The maximum absolute atomic E-state index is 12.7. The summed E-state index contributed by atoms with van der Waals surface area (Å²) in [6.45, 7) is 1.76. The van der Waals surface area contributed by atoms with E-state index in [4.69, 9.17) is 0 Å². The van der Waals surface area contributed by atoms with Crippen LogP contribution in [0.25, 0.3) is 21.8 Å². The van der Waals surface area contributed by atoms with Crippen LogP contribution in [0, 0.1) is 0 Å². The smallest absolute Gasteiger partial charge is 0.252 e. The topological polar surface area (TPSA) is 78.0 Å². The number of aromatic nitrogens is 2. The molecule has 3 aromatic carbocycles. The van der Waals surface area contributed by atoms with Crippen LogP contribution in [-0.2, 0) is 0 Å². The number of para-hydroxylation sites is 2. The summed E-state index contributed by atoms with van der Waals surface area (Å²) in [5.74, 6) is 0.224. The lowest BCUT2D eigenvalue weighted by Crippen LogP contribution is -2.37. The average Bonchev–Trinajstić information content (AvgIpc) is 3.11. The van der Waals surface area contributed by atoms with Crippen molar-refractivity contribution in [3.63, 3.8) is 0 Å². The molecule has 1 unspecified atom stereocenters. The number of hydrogen-bond acceptors (Lipinski definition) is 3. The number of aliphatic hydroxyl groups excluding tert-OH is 1. The van der Waals surface area contributed by atoms with Gasteiger partial charge in [0.05, 0.1) is 17.1 Å². The maximum Gasteiger partial charge on any atom is 0.252 e. The molecule has 5 nitrogen and oxygen atoms in total. The van der Waals surface area contributed by atoms with Crippen molar-refractivity contribution in [2.24, 2.45) is 0 Å². The number of imidazole rings is 1. The van der Waals surface area contributed by atoms with E-state index in [2.05, 4.69) is 15.3 Å². The summed E-state index contributed by atoms with van der Waals surface area (Å²) in [5, 5.41) is 15.4. The van der Waals surface area contributed by atoms with Crippen LogP contribution in [0.5, 0.6) is 0 Å². The Morgan fingerprint density at radius 3 is 2.62 bits per heavy atom. The number of aliphatic hydroxyl groups is 1. The SMILES string of the molecule is C[C@H](NC(=O)c1cccc2ccccc12)C(O)c1nc2ccccc2[nH]1. The molecule has 0 fully saturated rings. The van der Waals surface area contributed by atoms with Gasteiger partial charge in [0.1, 0.15) is 11.9 Å². The second-order valence-electron chi connectivity index (χ2n) is 6.37. The molecule has 4 rings (SSSR count). The van der Waals surface area contributed by atoms with Crippen molar-refractivity contribution in [3.8, 4) is 0 Å². The van der Waals surface area contributed by atoms with Crippen LogP contribution >= 0.6 is 0 Å². The molecule has 3 N–H and O–H groups in total. The van der Waals surface area contributed by atoms with E-state index >= 15 is 0 Å². The van der Waals surface area contributed by atoms with Crippen molar-refractivity contribution < 1.29 is 9.90 Å². The predicted molar refractivity (Wildman–Crippen MR) is 102 cm³/mol. The Morgan fingerprint density at radius 2 is 1.77 bits per heavy atom. The van der Waals surface area contributed by atoms with E-state index in [0.717, 1.165) is 21.8 Å². The van der Waals surface area contributed by atoms with Crippen molar-refractivity contribution in [2.45, 2.75) is 19.1 Å². The highest BCUT2D eigenvalue weighted by atomic mass is 16.3. The number of carbonyl (C=O) groups is 1. The minimum Gasteiger partial charge on any atom is -0.383 e. The van der Waals surface area contributed by atoms with Crippen LogP contribution < -0.4 is 5.32 Å². The fraction of sp³-hybridized carbons (Fsp3) is 0.143. The normalized spacial score (nSPS) is 13.6. The zero-order valence-electron chi connectivity index (χ0n) is 14.3. The highest BCUT2D eigenvalue weighted by Crippen LogP contribution is 2.21. The quantitative estimate of drug-likeness (QED) is 0.529. The molecule has 0 spiro atoms. The Hall–Kier alpha value is -3.18. The van der Waals surface area contributed by atoms with E-state index in [1.165, 1.54) is 0 Å². The fourth-order valence-electron chi connectivity index (χ4n) is 3.14. The molecule has 0 aliphatic carbocycles. The van der Waals surface area contributed by atoms with E-state index in [9.17, 15) is 9.90 Å². The first-order valence-electron chi connectivity index (χ1n) is 8.55. The van der Waals surface area contributed by atoms with Gasteiger partial charge in [0.25, 0.3) is 5.91 Å². The van der Waals surface area contributed by atoms with Gasteiger partial charge in [0.2, 0.25) is 0 Å². The zero-order chi connectivity index (χ0) is 18.1. The highest BCUT2D eigenvalue weighted by Gasteiger charge is 2.22. The fourth-order valence-corrected chi connectivity index (χ4v) is 3.14. The third kappa shape index (κ3) is 2.93. The van der Waals surface area contributed by atoms with Gasteiger partial charge >= 0.3 is 0 Å². The van der Waals surface area contributed by atoms with Gasteiger partial charge in [0.15, 0.2) is 0 Å². The Balaban J connectivity index is 1.56. The number of nitrogens with one attached hydrogen (secondary N) is 2. The molecule has 0 aliphatic rings. The predicted octanol–water partition coefficient (Wildman–Crippen LogP) is 3.57. The molecule has 2 atom stereocenters. The van der Waals surface area contributed by atoms with Crippen LogP contribution in [0.3, 0.4) is 0 Å². The average molecular weight is 345 g/mol. The highest BCUT2D eigenvalue weighted by molar-refractivity contribution is 6.07. The van der Waals surface area contributed by atoms with Gasteiger partial charge in [-0.1, -0.05) is 48.5 Å². The monoisotopic (exact) mass is 345 g/mol. The minimum absolute atomic E-state index is 0.218. The van der Waals surface area contributed by atoms with Gasteiger partial charge in [-0.25, -0.2) is 4.98 Å². The van der Waals surface area contributed by atoms with Gasteiger partial charge in [-0.15, -0.1) is 0 Å². The summed E-state index contributed by atoms with van der Waals surface area (Å²) in [4.78, 5) is 20.2. The second-order valence-corrected chi connectivity index (χ2v) is 6.37. The third-order valence-corrected chi connectivity index (χ3v) is 4.55. The summed E-state index contributed by atoms with van der Waals surface area (Å²) >= 11 is 0. The number of carbonyl (C=O) groups excluding carboxylic acids is 1. The number of H-pyrrole nitrogens is 1. The number of fused-ring (bicyclic) bond motifs is 2. The zero-order valence-corrected chi connectivity index (χ0v) is 14.3. The lowest BCUT2D eigenvalue weighted by molar-refractivity contribution is 0.0841. The molecule has 130 valence electrons. The number of hydrogen-bond donors (Lipinski definition) is 3. The summed E-state index contributed by atoms with van der Waals surface area (Å²) in [7, 11) is 0. The third-order valence-electron chi connectivity index (χ3n) is 4.55. The van der Waals surface area contributed by atoms with Gasteiger partial charge in [0, 0.05) is 5.56 Å². The molecule has 1 heterocycles. The molecule has 0 aliphatic heterocycles. The first-order valence-corrected chi connectivity index (χ1v) is 8.55. The Morgan fingerprint density at radius 1 is 1.04 bits per heavy atom. The number of aromatic amines is 1. The van der Waals surface area contributed by atoms with Crippen LogP contribution in [0.4, 0.5) is 0 Å². The molecule has 1 aromatic heterocycles.